The molecule has 0 saturated carbocycles. The van der Waals surface area contributed by atoms with Gasteiger partial charge in [0.2, 0.25) is 0 Å². The number of carbonyl (C=O) groups is 2. The number of carbonyl (C=O) groups excluding carboxylic acids is 2. The predicted molar refractivity (Wildman–Crippen MR) is 127 cm³/mol. The van der Waals surface area contributed by atoms with Gasteiger partial charge in [0.05, 0.1) is 18.7 Å². The van der Waals surface area contributed by atoms with Gasteiger partial charge in [0.25, 0.3) is 11.7 Å². The zero-order chi connectivity index (χ0) is 23.8. The first kappa shape index (κ1) is 21.9. The Morgan fingerprint density at radius 2 is 1.65 bits per heavy atom. The molecule has 0 radical (unpaired) electrons. The summed E-state index contributed by atoms with van der Waals surface area (Å²) < 4.78 is 16.5. The van der Waals surface area contributed by atoms with Gasteiger partial charge in [-0.2, -0.15) is 0 Å². The molecule has 2 aliphatic rings. The van der Waals surface area contributed by atoms with Crippen molar-refractivity contribution in [1.29, 1.82) is 0 Å². The molecule has 1 amide bonds. The van der Waals surface area contributed by atoms with Gasteiger partial charge in [-0.3, -0.25) is 14.5 Å². The molecular formula is C26H20ClNO6. The lowest BCUT2D eigenvalue weighted by Gasteiger charge is -2.27. The van der Waals surface area contributed by atoms with Gasteiger partial charge in [-0.05, 0) is 54.1 Å². The summed E-state index contributed by atoms with van der Waals surface area (Å²) >= 11 is 5.98. The second kappa shape index (κ2) is 8.76. The van der Waals surface area contributed by atoms with Gasteiger partial charge in [-0.25, -0.2) is 0 Å². The van der Waals surface area contributed by atoms with Gasteiger partial charge in [0.1, 0.15) is 24.7 Å². The molecule has 1 atom stereocenters. The minimum atomic E-state index is -0.871. The molecule has 2 heterocycles. The predicted octanol–water partition coefficient (Wildman–Crippen LogP) is 4.75. The van der Waals surface area contributed by atoms with Crippen LogP contribution in [0, 0.1) is 0 Å². The van der Waals surface area contributed by atoms with E-state index in [-0.39, 0.29) is 11.3 Å². The van der Waals surface area contributed by atoms with E-state index in [1.165, 1.54) is 4.90 Å². The minimum absolute atomic E-state index is 0.0209. The lowest BCUT2D eigenvalue weighted by molar-refractivity contribution is -0.132. The normalized spacial score (nSPS) is 18.8. The number of Topliss-reactive ketones (excluding diaryl/α,β-unsaturated/α-hetero) is 1. The highest BCUT2D eigenvalue weighted by molar-refractivity contribution is 6.51. The topological polar surface area (TPSA) is 85.3 Å². The first-order chi connectivity index (χ1) is 16.5. The molecule has 0 aliphatic carbocycles. The summed E-state index contributed by atoms with van der Waals surface area (Å²) in [6.07, 6.45) is 0. The molecule has 0 spiro atoms. The molecule has 7 nitrogen and oxygen atoms in total. The Morgan fingerprint density at radius 3 is 2.32 bits per heavy atom. The van der Waals surface area contributed by atoms with Crippen molar-refractivity contribution in [2.45, 2.75) is 6.04 Å². The van der Waals surface area contributed by atoms with Crippen LogP contribution < -0.4 is 19.1 Å². The van der Waals surface area contributed by atoms with Crippen LogP contribution in [0.15, 0.2) is 72.3 Å². The maximum Gasteiger partial charge on any atom is 0.300 e. The van der Waals surface area contributed by atoms with Crippen molar-refractivity contribution in [3.8, 4) is 17.2 Å². The standard InChI is InChI=1S/C26H20ClNO6/c1-32-19-9-4-15(5-10-19)23-22(24(29)16-2-6-17(27)7-3-16)25(30)26(31)28(23)18-8-11-20-21(14-18)34-13-12-33-20/h2-11,14,23,29H,12-13H2,1H3/b24-22+. The van der Waals surface area contributed by atoms with E-state index < -0.39 is 17.7 Å². The second-order valence-electron chi connectivity index (χ2n) is 7.78. The van der Waals surface area contributed by atoms with E-state index in [2.05, 4.69) is 0 Å². The Labute approximate surface area is 200 Å². The Kier molecular flexibility index (Phi) is 5.63. The number of anilines is 1. The number of hydrogen-bond donors (Lipinski definition) is 1. The molecule has 1 fully saturated rings. The van der Waals surface area contributed by atoms with Crippen molar-refractivity contribution in [3.63, 3.8) is 0 Å². The summed E-state index contributed by atoms with van der Waals surface area (Å²) in [4.78, 5) is 27.9. The number of ketones is 1. The molecule has 1 saturated heterocycles. The SMILES string of the molecule is COc1ccc(C2/C(=C(\O)c3ccc(Cl)cc3)C(=O)C(=O)N2c2ccc3c(c2)OCCO3)cc1. The van der Waals surface area contributed by atoms with Crippen LogP contribution >= 0.6 is 11.6 Å². The van der Waals surface area contributed by atoms with Gasteiger partial charge in [0.15, 0.2) is 11.5 Å². The Hall–Kier alpha value is -3.97. The van der Waals surface area contributed by atoms with Gasteiger partial charge in [-0.15, -0.1) is 0 Å². The molecule has 3 aromatic carbocycles. The molecule has 2 aliphatic heterocycles. The molecule has 8 heteroatoms. The third-order valence-electron chi connectivity index (χ3n) is 5.80. The van der Waals surface area contributed by atoms with Crippen molar-refractivity contribution in [1.82, 2.24) is 0 Å². The van der Waals surface area contributed by atoms with E-state index in [9.17, 15) is 14.7 Å². The Balaban J connectivity index is 1.68. The van der Waals surface area contributed by atoms with Crippen LogP contribution in [0.3, 0.4) is 0 Å². The van der Waals surface area contributed by atoms with E-state index in [1.54, 1.807) is 73.8 Å². The summed E-state index contributed by atoms with van der Waals surface area (Å²) in [6, 6.07) is 17.6. The molecule has 0 bridgehead atoms. The van der Waals surface area contributed by atoms with Gasteiger partial charge < -0.3 is 19.3 Å². The number of rotatable bonds is 4. The minimum Gasteiger partial charge on any atom is -0.507 e. The second-order valence-corrected chi connectivity index (χ2v) is 8.21. The van der Waals surface area contributed by atoms with Crippen LogP contribution in [0.5, 0.6) is 17.2 Å². The average Bonchev–Trinajstić information content (AvgIpc) is 3.14. The summed E-state index contributed by atoms with van der Waals surface area (Å²) in [5.41, 5.74) is 1.43. The summed E-state index contributed by atoms with van der Waals surface area (Å²) in [5.74, 6) is -0.157. The summed E-state index contributed by atoms with van der Waals surface area (Å²) in [5, 5.41) is 11.6. The zero-order valence-electron chi connectivity index (χ0n) is 18.2. The van der Waals surface area contributed by atoms with Crippen LogP contribution in [-0.4, -0.2) is 37.1 Å². The molecule has 1 unspecified atom stereocenters. The number of methoxy groups -OCH3 is 1. The van der Waals surface area contributed by atoms with Crippen LogP contribution in [0.4, 0.5) is 5.69 Å². The third kappa shape index (κ3) is 3.74. The maximum atomic E-state index is 13.3. The number of aliphatic hydroxyl groups excluding tert-OH is 1. The highest BCUT2D eigenvalue weighted by Gasteiger charge is 2.47. The molecule has 0 aromatic heterocycles. The number of ether oxygens (including phenoxy) is 3. The van der Waals surface area contributed by atoms with Crippen LogP contribution in [0.2, 0.25) is 5.02 Å². The highest BCUT2D eigenvalue weighted by Crippen LogP contribution is 2.44. The lowest BCUT2D eigenvalue weighted by Crippen LogP contribution is -2.29. The fraction of sp³-hybridized carbons (Fsp3) is 0.154. The van der Waals surface area contributed by atoms with Crippen molar-refractivity contribution < 1.29 is 28.9 Å². The van der Waals surface area contributed by atoms with Crippen molar-refractivity contribution >= 4 is 34.7 Å². The average molecular weight is 478 g/mol. The quantitative estimate of drug-likeness (QED) is 0.332. The molecule has 172 valence electrons. The first-order valence-electron chi connectivity index (χ1n) is 10.6. The van der Waals surface area contributed by atoms with Crippen LogP contribution in [0.25, 0.3) is 5.76 Å². The van der Waals surface area contributed by atoms with E-state index in [0.717, 1.165) is 0 Å². The molecule has 1 N–H and O–H groups in total. The Bertz CT molecular complexity index is 1300. The fourth-order valence-electron chi connectivity index (χ4n) is 4.15. The lowest BCUT2D eigenvalue weighted by atomic mass is 9.95. The maximum absolute atomic E-state index is 13.3. The summed E-state index contributed by atoms with van der Waals surface area (Å²) in [6.45, 7) is 0.817. The Morgan fingerprint density at radius 1 is 0.971 bits per heavy atom. The first-order valence-corrected chi connectivity index (χ1v) is 11.0. The molecule has 3 aromatic rings. The number of fused-ring (bicyclic) bond motifs is 1. The van der Waals surface area contributed by atoms with E-state index >= 15 is 0 Å². The number of aliphatic hydroxyl groups is 1. The number of hydrogen-bond acceptors (Lipinski definition) is 6. The number of benzene rings is 3. The fourth-order valence-corrected chi connectivity index (χ4v) is 4.27. The van der Waals surface area contributed by atoms with E-state index in [4.69, 9.17) is 25.8 Å². The molecule has 34 heavy (non-hydrogen) atoms. The van der Waals surface area contributed by atoms with Gasteiger partial charge in [0, 0.05) is 22.3 Å². The monoisotopic (exact) mass is 477 g/mol. The van der Waals surface area contributed by atoms with Crippen molar-refractivity contribution in [3.05, 3.63) is 88.5 Å². The van der Waals surface area contributed by atoms with Gasteiger partial charge in [-0.1, -0.05) is 23.7 Å². The molecule has 5 rings (SSSR count). The van der Waals surface area contributed by atoms with Crippen LogP contribution in [0.1, 0.15) is 17.2 Å². The zero-order valence-corrected chi connectivity index (χ0v) is 18.9. The number of amides is 1. The van der Waals surface area contributed by atoms with Gasteiger partial charge >= 0.3 is 0 Å². The van der Waals surface area contributed by atoms with E-state index in [0.29, 0.717) is 52.3 Å². The largest absolute Gasteiger partial charge is 0.507 e. The number of halogens is 1. The summed E-state index contributed by atoms with van der Waals surface area (Å²) in [7, 11) is 1.55. The molecular weight excluding hydrogens is 458 g/mol. The number of nitrogens with zero attached hydrogens (tertiary/aromatic N) is 1. The smallest absolute Gasteiger partial charge is 0.300 e. The third-order valence-corrected chi connectivity index (χ3v) is 6.05. The highest BCUT2D eigenvalue weighted by atomic mass is 35.5. The van der Waals surface area contributed by atoms with Crippen molar-refractivity contribution in [2.75, 3.05) is 25.2 Å². The van der Waals surface area contributed by atoms with Crippen molar-refractivity contribution in [2.24, 2.45) is 0 Å². The van der Waals surface area contributed by atoms with Crippen LogP contribution in [-0.2, 0) is 9.59 Å². The van der Waals surface area contributed by atoms with E-state index in [1.807, 2.05) is 0 Å².